The molecule has 1 aromatic rings. The summed E-state index contributed by atoms with van der Waals surface area (Å²) in [5.74, 6) is 0.688. The van der Waals surface area contributed by atoms with E-state index in [0.29, 0.717) is 5.75 Å². The van der Waals surface area contributed by atoms with Crippen LogP contribution in [0.25, 0.3) is 0 Å². The molecule has 0 amide bonds. The Labute approximate surface area is 92.4 Å². The molecule has 15 heavy (non-hydrogen) atoms. The molecule has 0 unspecified atom stereocenters. The quantitative estimate of drug-likeness (QED) is 0.768. The summed E-state index contributed by atoms with van der Waals surface area (Å²) in [5, 5.41) is 13.2. The molecule has 5 nitrogen and oxygen atoms in total. The summed E-state index contributed by atoms with van der Waals surface area (Å²) in [5.41, 5.74) is 0. The van der Waals surface area contributed by atoms with Gasteiger partial charge in [0.25, 0.3) is 0 Å². The summed E-state index contributed by atoms with van der Waals surface area (Å²) in [6, 6.07) is 9.32. The van der Waals surface area contributed by atoms with E-state index in [4.69, 9.17) is 16.3 Å². The maximum Gasteiger partial charge on any atom is 0.331 e. The second kappa shape index (κ2) is 4.42. The van der Waals surface area contributed by atoms with Crippen LogP contribution in [0.5, 0.6) is 5.75 Å². The number of benzene rings is 1. The fourth-order valence-electron chi connectivity index (χ4n) is 0.978. The zero-order valence-electron chi connectivity index (χ0n) is 7.70. The first-order chi connectivity index (χ1) is 7.29. The molecule has 0 fully saturated rings. The average molecular weight is 240 g/mol. The minimum absolute atomic E-state index is 0.688. The number of para-hydroxylation sites is 1. The van der Waals surface area contributed by atoms with E-state index in [0.717, 1.165) is 0 Å². The van der Waals surface area contributed by atoms with Gasteiger partial charge in [-0.15, -0.1) is 0 Å². The molecule has 2 rings (SSSR count). The number of nitrogens with zero attached hydrogens (tertiary/aromatic N) is 2. The lowest BCUT2D eigenvalue weighted by Crippen LogP contribution is -2.17. The number of rotatable bonds is 2. The summed E-state index contributed by atoms with van der Waals surface area (Å²) in [6.07, 6.45) is 3.02. The molecule has 1 aliphatic rings. The lowest BCUT2D eigenvalue weighted by molar-refractivity contribution is 0.584. The molecule has 1 aliphatic heterocycles. The molecule has 7 heteroatoms. The zero-order valence-corrected chi connectivity index (χ0v) is 9.41. The average Bonchev–Trinajstić information content (AvgIpc) is 2.45. The first-order valence-electron chi connectivity index (χ1n) is 4.22. The molecule has 78 valence electrons. The molecule has 0 saturated carbocycles. The SMILES string of the molecule is S=P1(Oc2ccccc2)NN=CC=NN1. The van der Waals surface area contributed by atoms with Crippen LogP contribution in [0, 0.1) is 0 Å². The van der Waals surface area contributed by atoms with Crippen molar-refractivity contribution in [1.82, 2.24) is 10.4 Å². The van der Waals surface area contributed by atoms with Gasteiger partial charge in [0.1, 0.15) is 5.75 Å². The lowest BCUT2D eigenvalue weighted by Gasteiger charge is -2.19. The number of hydrogen-bond donors (Lipinski definition) is 2. The predicted octanol–water partition coefficient (Wildman–Crippen LogP) is 1.45. The Kier molecular flexibility index (Phi) is 2.99. The second-order valence-corrected chi connectivity index (χ2v) is 5.94. The Bertz CT molecular complexity index is 416. The van der Waals surface area contributed by atoms with Gasteiger partial charge in [0.05, 0.1) is 12.4 Å². The Morgan fingerprint density at radius 1 is 1.07 bits per heavy atom. The highest BCUT2D eigenvalue weighted by molar-refractivity contribution is 8.10. The van der Waals surface area contributed by atoms with Crippen molar-refractivity contribution < 1.29 is 4.52 Å². The highest BCUT2D eigenvalue weighted by Crippen LogP contribution is 2.39. The lowest BCUT2D eigenvalue weighted by atomic mass is 10.3. The van der Waals surface area contributed by atoms with Crippen LogP contribution in [0.2, 0.25) is 0 Å². The van der Waals surface area contributed by atoms with Crippen LogP contribution in [0.4, 0.5) is 0 Å². The summed E-state index contributed by atoms with van der Waals surface area (Å²) in [7, 11) is 0. The fourth-order valence-corrected chi connectivity index (χ4v) is 2.50. The summed E-state index contributed by atoms with van der Waals surface area (Å²) in [6.45, 7) is -2.44. The largest absolute Gasteiger partial charge is 0.432 e. The van der Waals surface area contributed by atoms with Crippen LogP contribution in [-0.2, 0) is 11.8 Å². The number of hydrogen-bond acceptors (Lipinski definition) is 4. The first-order valence-corrected chi connectivity index (χ1v) is 6.94. The van der Waals surface area contributed by atoms with Gasteiger partial charge in [-0.25, -0.2) is 10.4 Å². The Hall–Kier alpha value is -1.39. The standard InChI is InChI=1S/C8H9N4OPS/c15-14(11-9-6-7-10-12-14)13-8-4-2-1-3-5-8/h1-7H,(H2,11,12,15). The minimum Gasteiger partial charge on any atom is -0.432 e. The highest BCUT2D eigenvalue weighted by atomic mass is 32.4. The van der Waals surface area contributed by atoms with Gasteiger partial charge in [-0.05, 0) is 23.9 Å². The van der Waals surface area contributed by atoms with Crippen molar-refractivity contribution in [3.63, 3.8) is 0 Å². The van der Waals surface area contributed by atoms with Gasteiger partial charge in [0.15, 0.2) is 0 Å². The van der Waals surface area contributed by atoms with Crippen molar-refractivity contribution in [2.24, 2.45) is 10.2 Å². The summed E-state index contributed by atoms with van der Waals surface area (Å²) >= 11 is 5.26. The monoisotopic (exact) mass is 240 g/mol. The maximum absolute atomic E-state index is 5.60. The molecule has 0 aromatic heterocycles. The van der Waals surface area contributed by atoms with Gasteiger partial charge in [0.2, 0.25) is 0 Å². The van der Waals surface area contributed by atoms with Crippen LogP contribution in [-0.4, -0.2) is 12.4 Å². The van der Waals surface area contributed by atoms with Crippen molar-refractivity contribution in [2.45, 2.75) is 0 Å². The minimum atomic E-state index is -2.44. The van der Waals surface area contributed by atoms with Crippen molar-refractivity contribution >= 4 is 30.8 Å². The van der Waals surface area contributed by atoms with Crippen LogP contribution < -0.4 is 14.9 Å². The molecule has 0 radical (unpaired) electrons. The molecular formula is C8H9N4OPS. The third-order valence-corrected chi connectivity index (χ3v) is 3.51. The topological polar surface area (TPSA) is 58.0 Å². The molecule has 0 spiro atoms. The van der Waals surface area contributed by atoms with Gasteiger partial charge in [-0.2, -0.15) is 10.2 Å². The molecule has 1 aromatic carbocycles. The van der Waals surface area contributed by atoms with E-state index in [1.165, 1.54) is 12.4 Å². The summed E-state index contributed by atoms with van der Waals surface area (Å²) < 4.78 is 5.60. The van der Waals surface area contributed by atoms with Crippen molar-refractivity contribution in [1.29, 1.82) is 0 Å². The molecule has 0 saturated heterocycles. The van der Waals surface area contributed by atoms with Crippen LogP contribution in [0.1, 0.15) is 0 Å². The second-order valence-electron chi connectivity index (χ2n) is 2.71. The van der Waals surface area contributed by atoms with E-state index in [9.17, 15) is 0 Å². The van der Waals surface area contributed by atoms with Gasteiger partial charge in [-0.1, -0.05) is 18.2 Å². The first kappa shape index (κ1) is 10.1. The Balaban J connectivity index is 2.14. The van der Waals surface area contributed by atoms with E-state index in [1.54, 1.807) is 0 Å². The molecule has 0 aliphatic carbocycles. The zero-order chi connectivity index (χ0) is 10.6. The van der Waals surface area contributed by atoms with E-state index in [2.05, 4.69) is 20.6 Å². The van der Waals surface area contributed by atoms with E-state index >= 15 is 0 Å². The third-order valence-electron chi connectivity index (χ3n) is 1.57. The van der Waals surface area contributed by atoms with Gasteiger partial charge < -0.3 is 4.52 Å². The maximum atomic E-state index is 5.60. The Morgan fingerprint density at radius 3 is 2.27 bits per heavy atom. The van der Waals surface area contributed by atoms with Crippen LogP contribution in [0.3, 0.4) is 0 Å². The molecule has 1 heterocycles. The number of hydrazone groups is 2. The molecule has 0 atom stereocenters. The van der Waals surface area contributed by atoms with Crippen molar-refractivity contribution in [3.8, 4) is 5.75 Å². The van der Waals surface area contributed by atoms with Gasteiger partial charge in [-0.3, -0.25) is 0 Å². The molecule has 0 bridgehead atoms. The summed E-state index contributed by atoms with van der Waals surface area (Å²) in [4.78, 5) is 0. The van der Waals surface area contributed by atoms with Gasteiger partial charge in [0, 0.05) is 0 Å². The van der Waals surface area contributed by atoms with Crippen LogP contribution >= 0.6 is 6.57 Å². The predicted molar refractivity (Wildman–Crippen MR) is 64.6 cm³/mol. The third kappa shape index (κ3) is 2.78. The van der Waals surface area contributed by atoms with E-state index in [1.807, 2.05) is 30.3 Å². The van der Waals surface area contributed by atoms with Crippen molar-refractivity contribution in [3.05, 3.63) is 30.3 Å². The molecular weight excluding hydrogens is 231 g/mol. The highest BCUT2D eigenvalue weighted by Gasteiger charge is 2.18. The van der Waals surface area contributed by atoms with E-state index in [-0.39, 0.29) is 0 Å². The van der Waals surface area contributed by atoms with E-state index < -0.39 is 6.57 Å². The fraction of sp³-hybridized carbons (Fsp3) is 0. The normalized spacial score (nSPS) is 17.3. The van der Waals surface area contributed by atoms with Gasteiger partial charge >= 0.3 is 6.57 Å². The Morgan fingerprint density at radius 2 is 1.67 bits per heavy atom. The van der Waals surface area contributed by atoms with Crippen LogP contribution in [0.15, 0.2) is 40.5 Å². The smallest absolute Gasteiger partial charge is 0.331 e. The van der Waals surface area contributed by atoms with Crippen molar-refractivity contribution in [2.75, 3.05) is 0 Å². The molecule has 2 N–H and O–H groups in total. The number of nitrogens with one attached hydrogen (secondary N) is 2.